The molecule has 0 aliphatic carbocycles. The molecular weight excluding hydrogens is 398 g/mol. The number of anilines is 1. The number of aromatic nitrogens is 2. The third-order valence-corrected chi connectivity index (χ3v) is 5.64. The summed E-state index contributed by atoms with van der Waals surface area (Å²) >= 11 is 3.52. The van der Waals surface area contributed by atoms with Gasteiger partial charge in [0, 0.05) is 10.2 Å². The molecule has 0 saturated carbocycles. The number of hydrogen-bond acceptors (Lipinski definition) is 2. The van der Waals surface area contributed by atoms with Crippen molar-refractivity contribution in [2.24, 2.45) is 0 Å². The van der Waals surface area contributed by atoms with Crippen LogP contribution in [0.25, 0.3) is 16.7 Å². The first kappa shape index (κ1) is 16.3. The molecule has 0 fully saturated rings. The second-order valence-electron chi connectivity index (χ2n) is 6.81. The van der Waals surface area contributed by atoms with Gasteiger partial charge in [-0.05, 0) is 54.0 Å². The van der Waals surface area contributed by atoms with Gasteiger partial charge in [0.2, 0.25) is 5.95 Å². The molecule has 27 heavy (non-hydrogen) atoms. The van der Waals surface area contributed by atoms with Gasteiger partial charge in [0.15, 0.2) is 0 Å². The molecule has 3 nitrogen and oxygen atoms in total. The van der Waals surface area contributed by atoms with Crippen molar-refractivity contribution in [1.29, 1.82) is 0 Å². The third-order valence-electron chi connectivity index (χ3n) is 5.11. The fourth-order valence-corrected chi connectivity index (χ4v) is 4.02. The van der Waals surface area contributed by atoms with E-state index in [1.807, 2.05) is 6.07 Å². The van der Waals surface area contributed by atoms with Gasteiger partial charge in [-0.2, -0.15) is 0 Å². The van der Waals surface area contributed by atoms with Crippen molar-refractivity contribution in [3.8, 4) is 0 Å². The Kier molecular flexibility index (Phi) is 3.87. The average molecular weight is 416 g/mol. The lowest BCUT2D eigenvalue weighted by molar-refractivity contribution is 0.716. The van der Waals surface area contributed by atoms with E-state index in [2.05, 4.69) is 106 Å². The van der Waals surface area contributed by atoms with E-state index >= 15 is 0 Å². The van der Waals surface area contributed by atoms with Crippen molar-refractivity contribution in [2.75, 3.05) is 5.32 Å². The van der Waals surface area contributed by atoms with Crippen LogP contribution in [0.15, 0.2) is 83.3 Å². The highest BCUT2D eigenvalue weighted by atomic mass is 79.9. The number of imidazole rings is 1. The van der Waals surface area contributed by atoms with Crippen LogP contribution in [0.1, 0.15) is 22.7 Å². The Balaban J connectivity index is 1.74. The van der Waals surface area contributed by atoms with E-state index in [0.717, 1.165) is 32.7 Å². The highest BCUT2D eigenvalue weighted by molar-refractivity contribution is 9.10. The Morgan fingerprint density at radius 1 is 0.926 bits per heavy atom. The summed E-state index contributed by atoms with van der Waals surface area (Å²) in [5.74, 6) is 0.880. The molecule has 0 unspecified atom stereocenters. The van der Waals surface area contributed by atoms with Crippen LogP contribution in [0.5, 0.6) is 0 Å². The van der Waals surface area contributed by atoms with Crippen molar-refractivity contribution in [2.45, 2.75) is 13.0 Å². The molecule has 4 aromatic rings. The van der Waals surface area contributed by atoms with Crippen molar-refractivity contribution in [1.82, 2.24) is 9.55 Å². The topological polar surface area (TPSA) is 29.9 Å². The number of halogens is 1. The molecule has 1 atom stereocenters. The van der Waals surface area contributed by atoms with Crippen LogP contribution in [0.4, 0.5) is 5.95 Å². The normalized spacial score (nSPS) is 15.9. The van der Waals surface area contributed by atoms with Crippen LogP contribution >= 0.6 is 15.9 Å². The molecule has 5 rings (SSSR count). The second kappa shape index (κ2) is 6.39. The van der Waals surface area contributed by atoms with Gasteiger partial charge < -0.3 is 5.32 Å². The SMILES string of the molecule is Cc1ccccc1[C@@H]1C=C(c2ccc(Br)cc2)Nc2nc3ccccc3n21. The first-order chi connectivity index (χ1) is 13.2. The van der Waals surface area contributed by atoms with Gasteiger partial charge in [-0.3, -0.25) is 4.57 Å². The van der Waals surface area contributed by atoms with E-state index < -0.39 is 0 Å². The molecule has 1 aliphatic heterocycles. The van der Waals surface area contributed by atoms with Crippen LogP contribution in [0.3, 0.4) is 0 Å². The van der Waals surface area contributed by atoms with Crippen molar-refractivity contribution >= 4 is 38.6 Å². The van der Waals surface area contributed by atoms with E-state index in [0.29, 0.717) is 0 Å². The maximum absolute atomic E-state index is 4.85. The standard InChI is InChI=1S/C23H18BrN3/c1-15-6-2-3-7-18(15)22-14-20(16-10-12-17(24)13-11-16)26-23-25-19-8-4-5-9-21(19)27(22)23/h2-14,22H,1H3,(H,25,26)/t22-/m0/s1. The van der Waals surface area contributed by atoms with Gasteiger partial charge in [0.1, 0.15) is 0 Å². The van der Waals surface area contributed by atoms with Crippen molar-refractivity contribution in [3.05, 3.63) is 100 Å². The lowest BCUT2D eigenvalue weighted by Crippen LogP contribution is -2.19. The van der Waals surface area contributed by atoms with Crippen LogP contribution in [-0.4, -0.2) is 9.55 Å². The van der Waals surface area contributed by atoms with Crippen LogP contribution in [0.2, 0.25) is 0 Å². The average Bonchev–Trinajstić information content (AvgIpc) is 3.07. The number of nitrogens with zero attached hydrogens (tertiary/aromatic N) is 2. The van der Waals surface area contributed by atoms with Crippen LogP contribution in [0, 0.1) is 6.92 Å². The second-order valence-corrected chi connectivity index (χ2v) is 7.72. The molecule has 132 valence electrons. The minimum Gasteiger partial charge on any atom is -0.325 e. The zero-order chi connectivity index (χ0) is 18.4. The molecule has 2 heterocycles. The summed E-state index contributed by atoms with van der Waals surface area (Å²) in [6.07, 6.45) is 2.30. The summed E-state index contributed by atoms with van der Waals surface area (Å²) in [5, 5.41) is 3.54. The number of nitrogens with one attached hydrogen (secondary N) is 1. The Bertz CT molecular complexity index is 1170. The summed E-state index contributed by atoms with van der Waals surface area (Å²) in [7, 11) is 0. The molecule has 0 saturated heterocycles. The lowest BCUT2D eigenvalue weighted by atomic mass is 9.97. The Morgan fingerprint density at radius 3 is 2.48 bits per heavy atom. The van der Waals surface area contributed by atoms with Crippen molar-refractivity contribution < 1.29 is 0 Å². The molecule has 1 aliphatic rings. The Morgan fingerprint density at radius 2 is 1.67 bits per heavy atom. The molecule has 1 N–H and O–H groups in total. The van der Waals surface area contributed by atoms with E-state index in [-0.39, 0.29) is 6.04 Å². The number of fused-ring (bicyclic) bond motifs is 3. The highest BCUT2D eigenvalue weighted by Crippen LogP contribution is 2.37. The van der Waals surface area contributed by atoms with Crippen LogP contribution < -0.4 is 5.32 Å². The number of para-hydroxylation sites is 2. The molecule has 0 amide bonds. The fraction of sp³-hybridized carbons (Fsp3) is 0.0870. The minimum absolute atomic E-state index is 0.0912. The van der Waals surface area contributed by atoms with Gasteiger partial charge in [-0.15, -0.1) is 0 Å². The molecule has 1 aromatic heterocycles. The smallest absolute Gasteiger partial charge is 0.209 e. The maximum Gasteiger partial charge on any atom is 0.209 e. The van der Waals surface area contributed by atoms with Gasteiger partial charge >= 0.3 is 0 Å². The maximum atomic E-state index is 4.85. The fourth-order valence-electron chi connectivity index (χ4n) is 3.75. The Labute approximate surface area is 166 Å². The minimum atomic E-state index is 0.0912. The van der Waals surface area contributed by atoms with Crippen LogP contribution in [-0.2, 0) is 0 Å². The summed E-state index contributed by atoms with van der Waals surface area (Å²) in [6, 6.07) is 25.4. The van der Waals surface area contributed by atoms with Gasteiger partial charge in [-0.1, -0.05) is 64.5 Å². The molecule has 0 spiro atoms. The van der Waals surface area contributed by atoms with E-state index in [1.54, 1.807) is 0 Å². The number of allylic oxidation sites excluding steroid dienone is 1. The molecular formula is C23H18BrN3. The largest absolute Gasteiger partial charge is 0.325 e. The summed E-state index contributed by atoms with van der Waals surface area (Å²) in [6.45, 7) is 2.17. The number of hydrogen-bond donors (Lipinski definition) is 1. The van der Waals surface area contributed by atoms with Gasteiger partial charge in [0.05, 0.1) is 17.1 Å². The van der Waals surface area contributed by atoms with E-state index in [4.69, 9.17) is 4.98 Å². The molecule has 4 heteroatoms. The third kappa shape index (κ3) is 2.77. The number of aryl methyl sites for hydroxylation is 1. The van der Waals surface area contributed by atoms with Gasteiger partial charge in [-0.25, -0.2) is 4.98 Å². The molecule has 0 radical (unpaired) electrons. The van der Waals surface area contributed by atoms with Crippen molar-refractivity contribution in [3.63, 3.8) is 0 Å². The zero-order valence-electron chi connectivity index (χ0n) is 14.9. The summed E-state index contributed by atoms with van der Waals surface area (Å²) in [5.41, 5.74) is 6.94. The first-order valence-electron chi connectivity index (χ1n) is 8.98. The van der Waals surface area contributed by atoms with Gasteiger partial charge in [0.25, 0.3) is 0 Å². The predicted molar refractivity (Wildman–Crippen MR) is 115 cm³/mol. The zero-order valence-corrected chi connectivity index (χ0v) is 16.4. The monoisotopic (exact) mass is 415 g/mol. The Hall–Kier alpha value is -2.85. The number of benzene rings is 3. The quantitative estimate of drug-likeness (QED) is 0.424. The van der Waals surface area contributed by atoms with E-state index in [9.17, 15) is 0 Å². The highest BCUT2D eigenvalue weighted by Gasteiger charge is 2.26. The summed E-state index contributed by atoms with van der Waals surface area (Å²) < 4.78 is 3.37. The lowest BCUT2D eigenvalue weighted by Gasteiger charge is -2.27. The summed E-state index contributed by atoms with van der Waals surface area (Å²) in [4.78, 5) is 4.85. The molecule has 0 bridgehead atoms. The number of rotatable bonds is 2. The first-order valence-corrected chi connectivity index (χ1v) is 9.77. The predicted octanol–water partition coefficient (Wildman–Crippen LogP) is 6.16. The van der Waals surface area contributed by atoms with E-state index in [1.165, 1.54) is 11.1 Å². The molecule has 3 aromatic carbocycles.